The highest BCUT2D eigenvalue weighted by Crippen LogP contribution is 2.21. The molecule has 0 spiro atoms. The third-order valence-corrected chi connectivity index (χ3v) is 6.61. The number of hydrogen-bond donors (Lipinski definition) is 0. The summed E-state index contributed by atoms with van der Waals surface area (Å²) in [5, 5.41) is 3.70. The maximum Gasteiger partial charge on any atom is 0.220 e. The molecule has 0 atom stereocenters. The topological polar surface area (TPSA) is 105 Å². The van der Waals surface area contributed by atoms with E-state index >= 15 is 0 Å². The van der Waals surface area contributed by atoms with Crippen molar-refractivity contribution in [2.45, 2.75) is 19.1 Å². The first kappa shape index (κ1) is 19.5. The average molecular weight is 414 g/mol. The number of sulfonamides is 1. The molecule has 10 heteroatoms. The molecule has 1 saturated heterocycles. The number of pyridine rings is 1. The highest BCUT2D eigenvalue weighted by Gasteiger charge is 2.28. The first-order valence-electron chi connectivity index (χ1n) is 9.46. The Labute approximate surface area is 169 Å². The number of rotatable bonds is 6. The maximum absolute atomic E-state index is 12.6. The second-order valence-electron chi connectivity index (χ2n) is 6.74. The van der Waals surface area contributed by atoms with Gasteiger partial charge in [-0.05, 0) is 18.6 Å². The van der Waals surface area contributed by atoms with E-state index in [0.29, 0.717) is 37.7 Å². The summed E-state index contributed by atoms with van der Waals surface area (Å²) in [6.45, 7) is 3.94. The van der Waals surface area contributed by atoms with Crippen LogP contribution in [-0.2, 0) is 22.2 Å². The Morgan fingerprint density at radius 2 is 1.90 bits per heavy atom. The van der Waals surface area contributed by atoms with E-state index < -0.39 is 10.0 Å². The largest absolute Gasteiger partial charge is 0.364 e. The predicted octanol–water partition coefficient (Wildman–Crippen LogP) is 1.74. The minimum atomic E-state index is -3.43. The number of hydrogen-bond acceptors (Lipinski definition) is 8. The average Bonchev–Trinajstić information content (AvgIpc) is 3.26. The highest BCUT2D eigenvalue weighted by atomic mass is 32.2. The Bertz CT molecular complexity index is 1050. The summed E-state index contributed by atoms with van der Waals surface area (Å²) >= 11 is 0. The van der Waals surface area contributed by atoms with Crippen LogP contribution in [0, 0.1) is 0 Å². The van der Waals surface area contributed by atoms with Gasteiger partial charge >= 0.3 is 0 Å². The van der Waals surface area contributed by atoms with Crippen LogP contribution in [-0.4, -0.2) is 59.0 Å². The Balaban J connectivity index is 1.49. The minimum Gasteiger partial charge on any atom is -0.364 e. The Morgan fingerprint density at radius 3 is 2.55 bits per heavy atom. The molecule has 3 aromatic rings. The fourth-order valence-electron chi connectivity index (χ4n) is 3.22. The molecule has 1 aliphatic heterocycles. The molecule has 0 aliphatic carbocycles. The van der Waals surface area contributed by atoms with Crippen molar-refractivity contribution in [3.8, 4) is 11.5 Å². The Hall–Kier alpha value is -2.85. The van der Waals surface area contributed by atoms with Crippen molar-refractivity contribution in [1.29, 1.82) is 0 Å². The third-order valence-electron chi connectivity index (χ3n) is 4.80. The molecule has 9 nitrogen and oxygen atoms in total. The molecule has 0 saturated carbocycles. The zero-order valence-corrected chi connectivity index (χ0v) is 16.9. The lowest BCUT2D eigenvalue weighted by Crippen LogP contribution is -2.49. The molecular formula is C19H22N6O3S. The van der Waals surface area contributed by atoms with Gasteiger partial charge in [-0.1, -0.05) is 18.1 Å². The van der Waals surface area contributed by atoms with Gasteiger partial charge in [0.25, 0.3) is 0 Å². The summed E-state index contributed by atoms with van der Waals surface area (Å²) < 4.78 is 31.5. The Kier molecular flexibility index (Phi) is 5.54. The van der Waals surface area contributed by atoms with E-state index in [-0.39, 0.29) is 5.75 Å². The van der Waals surface area contributed by atoms with E-state index in [1.807, 2.05) is 31.2 Å². The summed E-state index contributed by atoms with van der Waals surface area (Å²) in [6, 6.07) is 9.17. The van der Waals surface area contributed by atoms with Crippen molar-refractivity contribution in [3.63, 3.8) is 0 Å². The lowest BCUT2D eigenvalue weighted by molar-refractivity contribution is 0.380. The van der Waals surface area contributed by atoms with Gasteiger partial charge in [0.1, 0.15) is 23.5 Å². The lowest BCUT2D eigenvalue weighted by Gasteiger charge is -2.34. The number of anilines is 1. The highest BCUT2D eigenvalue weighted by molar-refractivity contribution is 7.88. The predicted molar refractivity (Wildman–Crippen MR) is 108 cm³/mol. The van der Waals surface area contributed by atoms with E-state index in [1.165, 1.54) is 10.6 Å². The zero-order chi connectivity index (χ0) is 20.3. The van der Waals surface area contributed by atoms with E-state index in [0.717, 1.165) is 23.6 Å². The molecule has 0 bridgehead atoms. The lowest BCUT2D eigenvalue weighted by atomic mass is 10.2. The molecule has 29 heavy (non-hydrogen) atoms. The summed E-state index contributed by atoms with van der Waals surface area (Å²) in [6.07, 6.45) is 3.87. The van der Waals surface area contributed by atoms with Crippen LogP contribution in [0.4, 0.5) is 5.82 Å². The van der Waals surface area contributed by atoms with E-state index in [9.17, 15) is 8.42 Å². The van der Waals surface area contributed by atoms with Crippen molar-refractivity contribution in [2.24, 2.45) is 0 Å². The number of aryl methyl sites for hydroxylation is 1. The SMILES string of the molecule is CCc1cc(N2CCN(S(=O)(=O)Cc3ccon3)CC2)nc(-c2ccccn2)n1. The fraction of sp³-hybridized carbons (Fsp3) is 0.368. The van der Waals surface area contributed by atoms with Crippen LogP contribution in [0.25, 0.3) is 11.5 Å². The molecular weight excluding hydrogens is 392 g/mol. The van der Waals surface area contributed by atoms with Gasteiger partial charge in [-0.3, -0.25) is 4.98 Å². The molecule has 1 fully saturated rings. The number of aromatic nitrogens is 4. The molecule has 0 aromatic carbocycles. The van der Waals surface area contributed by atoms with Crippen LogP contribution in [0.2, 0.25) is 0 Å². The van der Waals surface area contributed by atoms with Crippen LogP contribution in [0.3, 0.4) is 0 Å². The van der Waals surface area contributed by atoms with Crippen LogP contribution < -0.4 is 4.90 Å². The van der Waals surface area contributed by atoms with Gasteiger partial charge in [0.05, 0.1) is 5.69 Å². The van der Waals surface area contributed by atoms with Gasteiger partial charge < -0.3 is 9.42 Å². The molecule has 0 N–H and O–H groups in total. The first-order chi connectivity index (χ1) is 14.0. The van der Waals surface area contributed by atoms with Crippen molar-refractivity contribution in [1.82, 2.24) is 24.4 Å². The normalized spacial score (nSPS) is 15.6. The minimum absolute atomic E-state index is 0.152. The van der Waals surface area contributed by atoms with Gasteiger partial charge in [0.15, 0.2) is 5.82 Å². The fourth-order valence-corrected chi connectivity index (χ4v) is 4.65. The summed E-state index contributed by atoms with van der Waals surface area (Å²) in [4.78, 5) is 15.7. The van der Waals surface area contributed by atoms with Gasteiger partial charge in [-0.15, -0.1) is 0 Å². The smallest absolute Gasteiger partial charge is 0.220 e. The molecule has 152 valence electrons. The molecule has 0 unspecified atom stereocenters. The van der Waals surface area contributed by atoms with E-state index in [4.69, 9.17) is 4.52 Å². The van der Waals surface area contributed by atoms with E-state index in [1.54, 1.807) is 12.3 Å². The van der Waals surface area contributed by atoms with Crippen molar-refractivity contribution in [2.75, 3.05) is 31.1 Å². The van der Waals surface area contributed by atoms with Gasteiger partial charge in [0, 0.05) is 50.2 Å². The third kappa shape index (κ3) is 4.43. The maximum atomic E-state index is 12.6. The summed E-state index contributed by atoms with van der Waals surface area (Å²) in [7, 11) is -3.43. The molecule has 4 heterocycles. The van der Waals surface area contributed by atoms with Crippen LogP contribution in [0.5, 0.6) is 0 Å². The van der Waals surface area contributed by atoms with Crippen molar-refractivity contribution < 1.29 is 12.9 Å². The number of piperazine rings is 1. The monoisotopic (exact) mass is 414 g/mol. The summed E-state index contributed by atoms with van der Waals surface area (Å²) in [5.74, 6) is 1.23. The van der Waals surface area contributed by atoms with Gasteiger partial charge in [-0.2, -0.15) is 4.31 Å². The number of nitrogens with zero attached hydrogens (tertiary/aromatic N) is 6. The van der Waals surface area contributed by atoms with Gasteiger partial charge in [0.2, 0.25) is 10.0 Å². The van der Waals surface area contributed by atoms with Gasteiger partial charge in [-0.25, -0.2) is 18.4 Å². The first-order valence-corrected chi connectivity index (χ1v) is 11.1. The molecule has 4 rings (SSSR count). The van der Waals surface area contributed by atoms with Crippen molar-refractivity contribution >= 4 is 15.8 Å². The van der Waals surface area contributed by atoms with Crippen LogP contribution in [0.15, 0.2) is 47.3 Å². The Morgan fingerprint density at radius 1 is 1.07 bits per heavy atom. The van der Waals surface area contributed by atoms with Crippen LogP contribution in [0.1, 0.15) is 18.3 Å². The zero-order valence-electron chi connectivity index (χ0n) is 16.1. The second kappa shape index (κ2) is 8.26. The van der Waals surface area contributed by atoms with Crippen molar-refractivity contribution in [3.05, 3.63) is 54.2 Å². The standard InChI is InChI=1S/C19H22N6O3S/c1-2-15-13-18(22-19(21-15)17-5-3-4-7-20-17)24-8-10-25(11-9-24)29(26,27)14-16-6-12-28-23-16/h3-7,12-13H,2,8-11,14H2,1H3. The quantitative estimate of drug-likeness (QED) is 0.601. The molecule has 0 radical (unpaired) electrons. The van der Waals surface area contributed by atoms with E-state index in [2.05, 4.69) is 25.0 Å². The second-order valence-corrected chi connectivity index (χ2v) is 8.71. The molecule has 0 amide bonds. The molecule has 3 aromatic heterocycles. The van der Waals surface area contributed by atoms with Crippen LogP contribution >= 0.6 is 0 Å². The molecule has 1 aliphatic rings. The summed E-state index contributed by atoms with van der Waals surface area (Å²) in [5.41, 5.74) is 2.06.